The van der Waals surface area contributed by atoms with Crippen molar-refractivity contribution in [1.29, 1.82) is 0 Å². The molecule has 2 heterocycles. The van der Waals surface area contributed by atoms with Crippen LogP contribution < -0.4 is 9.64 Å². The number of nitrogens with zero attached hydrogens (tertiary/aromatic N) is 2. The van der Waals surface area contributed by atoms with Crippen molar-refractivity contribution in [1.82, 2.24) is 4.90 Å². The summed E-state index contributed by atoms with van der Waals surface area (Å²) in [6, 6.07) is 8.25. The number of aliphatic carboxylic acids is 1. The lowest BCUT2D eigenvalue weighted by atomic mass is 9.51. The van der Waals surface area contributed by atoms with Gasteiger partial charge >= 0.3 is 5.97 Å². The third kappa shape index (κ3) is 4.16. The van der Waals surface area contributed by atoms with E-state index in [4.69, 9.17) is 21.4 Å². The number of carbonyl (C=O) groups is 5. The number of carboxylic acid groups (broad SMARTS) is 1. The molecule has 2 N–H and O–H groups in total. The number of allylic oxidation sites excluding steroid dienone is 2. The minimum Gasteiger partial charge on any atom is -0.504 e. The second kappa shape index (κ2) is 10.2. The van der Waals surface area contributed by atoms with Gasteiger partial charge in [-0.3, -0.25) is 28.9 Å². The molecule has 1 saturated carbocycles. The van der Waals surface area contributed by atoms with Crippen molar-refractivity contribution in [3.05, 3.63) is 64.5 Å². The SMILES string of the molecule is COc1cc(C2C3=CCC4C(=O)N(CCC(=O)O)C(=O)C4C3CC3C(=O)N(c4ccc(F)c(Cl)c4)C(=O)C32C)ccc1O. The number of imide groups is 2. The number of rotatable bonds is 6. The first kappa shape index (κ1) is 28.9. The number of hydrogen-bond donors (Lipinski definition) is 2. The van der Waals surface area contributed by atoms with E-state index in [0.717, 1.165) is 15.9 Å². The normalized spacial score (nSPS) is 29.8. The van der Waals surface area contributed by atoms with Crippen LogP contribution in [0.3, 0.4) is 0 Å². The number of ether oxygens (including phenoxy) is 1. The molecule has 2 aliphatic heterocycles. The number of aromatic hydroxyl groups is 1. The van der Waals surface area contributed by atoms with E-state index in [0.29, 0.717) is 11.1 Å². The summed E-state index contributed by atoms with van der Waals surface area (Å²) in [4.78, 5) is 68.7. The average molecular weight is 611 g/mol. The Hall–Kier alpha value is -4.25. The molecule has 4 aliphatic rings. The van der Waals surface area contributed by atoms with Gasteiger partial charge in [0.05, 0.1) is 47.4 Å². The summed E-state index contributed by atoms with van der Waals surface area (Å²) in [5.41, 5.74) is 0.0372. The molecule has 6 rings (SSSR count). The lowest BCUT2D eigenvalue weighted by Gasteiger charge is -2.49. The second-order valence-electron chi connectivity index (χ2n) is 11.7. The molecule has 12 heteroatoms. The maximum atomic E-state index is 14.4. The summed E-state index contributed by atoms with van der Waals surface area (Å²) in [7, 11) is 1.39. The number of amides is 4. The molecule has 2 aromatic rings. The van der Waals surface area contributed by atoms with Crippen molar-refractivity contribution in [3.63, 3.8) is 0 Å². The Morgan fingerprint density at radius 1 is 1.09 bits per heavy atom. The van der Waals surface area contributed by atoms with Gasteiger partial charge in [0.25, 0.3) is 0 Å². The van der Waals surface area contributed by atoms with Gasteiger partial charge in [-0.05, 0) is 61.6 Å². The summed E-state index contributed by atoms with van der Waals surface area (Å²) in [6.07, 6.45) is 1.77. The highest BCUT2D eigenvalue weighted by Crippen LogP contribution is 2.64. The van der Waals surface area contributed by atoms with Gasteiger partial charge in [-0.25, -0.2) is 9.29 Å². The van der Waals surface area contributed by atoms with E-state index < -0.39 is 70.4 Å². The van der Waals surface area contributed by atoms with Gasteiger partial charge in [0.15, 0.2) is 11.5 Å². The van der Waals surface area contributed by atoms with Crippen molar-refractivity contribution >= 4 is 46.9 Å². The summed E-state index contributed by atoms with van der Waals surface area (Å²) >= 11 is 6.02. The van der Waals surface area contributed by atoms with Crippen LogP contribution in [0.1, 0.15) is 37.7 Å². The number of methoxy groups -OCH3 is 1. The Kier molecular flexibility index (Phi) is 6.83. The summed E-state index contributed by atoms with van der Waals surface area (Å²) in [5.74, 6) is -7.63. The minimum absolute atomic E-state index is 0.0943. The van der Waals surface area contributed by atoms with E-state index in [-0.39, 0.29) is 48.0 Å². The van der Waals surface area contributed by atoms with Crippen molar-refractivity contribution in [3.8, 4) is 11.5 Å². The highest BCUT2D eigenvalue weighted by atomic mass is 35.5. The average Bonchev–Trinajstić information content (AvgIpc) is 3.33. The molecule has 0 bridgehead atoms. The van der Waals surface area contributed by atoms with Crippen molar-refractivity contribution < 1.29 is 43.3 Å². The number of hydrogen-bond acceptors (Lipinski definition) is 7. The third-order valence-corrected chi connectivity index (χ3v) is 9.90. The zero-order chi connectivity index (χ0) is 31.0. The number of carboxylic acids is 1. The molecule has 3 fully saturated rings. The largest absolute Gasteiger partial charge is 0.504 e. The lowest BCUT2D eigenvalue weighted by molar-refractivity contribution is -0.142. The Balaban J connectivity index is 1.49. The number of halogens is 2. The lowest BCUT2D eigenvalue weighted by Crippen LogP contribution is -2.48. The molecule has 6 unspecified atom stereocenters. The van der Waals surface area contributed by atoms with E-state index in [1.54, 1.807) is 19.1 Å². The van der Waals surface area contributed by atoms with Crippen LogP contribution in [0.15, 0.2) is 48.0 Å². The van der Waals surface area contributed by atoms with Gasteiger partial charge in [0, 0.05) is 12.5 Å². The fraction of sp³-hybridized carbons (Fsp3) is 0.387. The number of phenols is 1. The molecule has 0 aromatic heterocycles. The number of carbonyl (C=O) groups excluding carboxylic acids is 4. The van der Waals surface area contributed by atoms with Crippen molar-refractivity contribution in [2.24, 2.45) is 29.1 Å². The van der Waals surface area contributed by atoms with Gasteiger partial charge in [-0.15, -0.1) is 0 Å². The number of likely N-dealkylation sites (tertiary alicyclic amines) is 1. The number of anilines is 1. The maximum absolute atomic E-state index is 14.4. The zero-order valence-corrected chi connectivity index (χ0v) is 24.0. The van der Waals surface area contributed by atoms with Crippen LogP contribution in [-0.2, 0) is 24.0 Å². The molecule has 2 aliphatic carbocycles. The topological polar surface area (TPSA) is 142 Å². The molecular formula is C31H28ClFN2O8. The first-order chi connectivity index (χ1) is 20.4. The van der Waals surface area contributed by atoms with E-state index in [2.05, 4.69) is 0 Å². The predicted octanol–water partition coefficient (Wildman–Crippen LogP) is 3.90. The smallest absolute Gasteiger partial charge is 0.305 e. The van der Waals surface area contributed by atoms with Gasteiger partial charge in [-0.1, -0.05) is 29.3 Å². The Morgan fingerprint density at radius 2 is 1.84 bits per heavy atom. The highest BCUT2D eigenvalue weighted by Gasteiger charge is 2.67. The van der Waals surface area contributed by atoms with Crippen LogP contribution in [0.2, 0.25) is 5.02 Å². The molecule has 4 amide bonds. The van der Waals surface area contributed by atoms with Crippen molar-refractivity contribution in [2.75, 3.05) is 18.6 Å². The van der Waals surface area contributed by atoms with Crippen LogP contribution in [0.5, 0.6) is 11.5 Å². The van der Waals surface area contributed by atoms with Crippen LogP contribution >= 0.6 is 11.6 Å². The number of benzene rings is 2. The molecule has 43 heavy (non-hydrogen) atoms. The van der Waals surface area contributed by atoms with Gasteiger partial charge < -0.3 is 14.9 Å². The molecular weight excluding hydrogens is 583 g/mol. The Morgan fingerprint density at radius 3 is 2.51 bits per heavy atom. The summed E-state index contributed by atoms with van der Waals surface area (Å²) in [6.45, 7) is 1.44. The molecule has 2 aromatic carbocycles. The molecule has 2 saturated heterocycles. The third-order valence-electron chi connectivity index (χ3n) is 9.61. The summed E-state index contributed by atoms with van der Waals surface area (Å²) < 4.78 is 19.4. The number of fused-ring (bicyclic) bond motifs is 4. The second-order valence-corrected chi connectivity index (χ2v) is 12.1. The minimum atomic E-state index is -1.36. The van der Waals surface area contributed by atoms with Crippen molar-refractivity contribution in [2.45, 2.75) is 32.1 Å². The zero-order valence-electron chi connectivity index (χ0n) is 23.3. The maximum Gasteiger partial charge on any atom is 0.305 e. The van der Waals surface area contributed by atoms with E-state index in [1.165, 1.54) is 25.3 Å². The van der Waals surface area contributed by atoms with Gasteiger partial charge in [-0.2, -0.15) is 0 Å². The Bertz CT molecular complexity index is 1640. The van der Waals surface area contributed by atoms with Crippen LogP contribution in [0.4, 0.5) is 10.1 Å². The van der Waals surface area contributed by atoms with Gasteiger partial charge in [0.1, 0.15) is 5.82 Å². The standard InChI is InChI=1S/C31H28ClFN2O8/c1-31-19(28(40)35(30(31)42)15-4-7-21(33)20(32)12-15)13-18-16(26(31)14-3-8-22(36)23(11-14)43-2)5-6-17-25(18)29(41)34(27(17)39)10-9-24(37)38/h3-5,7-8,11-12,17-19,25-26,36H,6,9-10,13H2,1-2H3,(H,37,38). The summed E-state index contributed by atoms with van der Waals surface area (Å²) in [5, 5.41) is 19.2. The van der Waals surface area contributed by atoms with E-state index in [1.807, 2.05) is 6.08 Å². The van der Waals surface area contributed by atoms with E-state index in [9.17, 15) is 33.5 Å². The predicted molar refractivity (Wildman–Crippen MR) is 150 cm³/mol. The quantitative estimate of drug-likeness (QED) is 0.371. The van der Waals surface area contributed by atoms with E-state index >= 15 is 0 Å². The highest BCUT2D eigenvalue weighted by molar-refractivity contribution is 6.31. The number of phenolic OH excluding ortho intramolecular Hbond substituents is 1. The van der Waals surface area contributed by atoms with Crippen LogP contribution in [-0.4, -0.2) is 58.4 Å². The first-order valence-corrected chi connectivity index (χ1v) is 14.2. The molecule has 0 radical (unpaired) electrons. The van der Waals surface area contributed by atoms with Gasteiger partial charge in [0.2, 0.25) is 23.6 Å². The Labute approximate surface area is 250 Å². The van der Waals surface area contributed by atoms with Crippen LogP contribution in [0.25, 0.3) is 0 Å². The first-order valence-electron chi connectivity index (χ1n) is 13.9. The monoisotopic (exact) mass is 610 g/mol. The molecule has 224 valence electrons. The fourth-order valence-electron chi connectivity index (χ4n) is 7.63. The fourth-order valence-corrected chi connectivity index (χ4v) is 7.81. The molecule has 0 spiro atoms. The molecule has 10 nitrogen and oxygen atoms in total. The van der Waals surface area contributed by atoms with Crippen LogP contribution in [0, 0.1) is 34.9 Å². The molecule has 6 atom stereocenters.